The van der Waals surface area contributed by atoms with Gasteiger partial charge in [-0.05, 0) is 43.1 Å². The molecule has 1 saturated heterocycles. The molecule has 210 valence electrons. The summed E-state index contributed by atoms with van der Waals surface area (Å²) in [4.78, 5) is 29.0. The molecule has 3 amide bonds. The van der Waals surface area contributed by atoms with E-state index < -0.39 is 30.2 Å². The van der Waals surface area contributed by atoms with E-state index in [2.05, 4.69) is 40.7 Å². The minimum Gasteiger partial charge on any atom is -0.471 e. The Kier molecular flexibility index (Phi) is 12.1. The quantitative estimate of drug-likeness (QED) is 0.239. The van der Waals surface area contributed by atoms with Gasteiger partial charge in [-0.2, -0.15) is 4.37 Å². The fraction of sp³-hybridized carbons (Fsp3) is 0.542. The van der Waals surface area contributed by atoms with Crippen LogP contribution in [0.25, 0.3) is 0 Å². The number of carbonyl (C=O) groups is 2. The number of aliphatic hydroxyl groups is 1. The molecule has 0 spiro atoms. The average Bonchev–Trinajstić information content (AvgIpc) is 3.26. The number of hydrogen-bond acceptors (Lipinski definition) is 8. The number of ether oxygens (including phenoxy) is 1. The molecule has 0 radical (unpaired) electrons. The summed E-state index contributed by atoms with van der Waals surface area (Å²) in [5.41, 5.74) is 4.94. The summed E-state index contributed by atoms with van der Waals surface area (Å²) in [7, 11) is 0. The van der Waals surface area contributed by atoms with E-state index in [0.717, 1.165) is 88.6 Å². The Morgan fingerprint density at radius 3 is 2.34 bits per heavy atom. The number of halogens is 3. The monoisotopic (exact) mass is 618 g/mol. The van der Waals surface area contributed by atoms with Crippen LogP contribution in [0.3, 0.4) is 0 Å². The minimum absolute atomic E-state index is 0.0841. The normalized spacial score (nSPS) is 14.4. The van der Waals surface area contributed by atoms with Crippen LogP contribution in [0.5, 0.6) is 5.88 Å². The first kappa shape index (κ1) is 30.2. The fourth-order valence-electron chi connectivity index (χ4n) is 4.07. The molecule has 1 aromatic heterocycles. The Bertz CT molecular complexity index is 1060. The number of rotatable bonds is 14. The number of unbranched alkanes of at least 4 members (excludes halogenated alkanes) is 3. The Labute approximate surface area is 232 Å². The van der Waals surface area contributed by atoms with Crippen LogP contribution in [0.15, 0.2) is 16.6 Å². The number of benzene rings is 1. The number of aromatic nitrogens is 1. The third kappa shape index (κ3) is 9.12. The lowest BCUT2D eigenvalue weighted by Gasteiger charge is -2.34. The molecule has 1 fully saturated rings. The van der Waals surface area contributed by atoms with Crippen LogP contribution in [0.4, 0.5) is 18.6 Å². The van der Waals surface area contributed by atoms with Gasteiger partial charge in [0.15, 0.2) is 0 Å². The van der Waals surface area contributed by atoms with Crippen molar-refractivity contribution in [2.75, 3.05) is 57.7 Å². The molecular weight excluding hydrogens is 586 g/mol. The largest absolute Gasteiger partial charge is 0.471 e. The molecule has 14 heteroatoms. The van der Waals surface area contributed by atoms with E-state index in [0.29, 0.717) is 6.54 Å². The molecule has 10 nitrogen and oxygen atoms in total. The van der Waals surface area contributed by atoms with Crippen molar-refractivity contribution in [1.29, 1.82) is 0 Å². The molecule has 1 aliphatic rings. The topological polar surface area (TPSA) is 133 Å². The molecule has 0 aliphatic carbocycles. The number of nitrogens with one attached hydrogen (secondary N) is 2. The Balaban J connectivity index is 1.36. The standard InChI is InChI=1S/C24H33BrF2N6O4S/c25-16-13-18(26)17(19(27)14-16)15-37-22-20(21(28)35)23(38-31-22)30-24(36)29-5-3-1-2-4-6-32-7-9-33(10-8-32)11-12-34/h13-14,34H,1-12,15H2,(H2,28,35)(H2,29,30,36). The number of amides is 3. The summed E-state index contributed by atoms with van der Waals surface area (Å²) in [5, 5.41) is 14.4. The number of piperazine rings is 1. The summed E-state index contributed by atoms with van der Waals surface area (Å²) >= 11 is 3.79. The number of carbonyl (C=O) groups excluding carboxylic acids is 2. The minimum atomic E-state index is -0.893. The number of β-amino-alcohol motifs (C(OH)–C–C–N with tert-alkyl or cyclic N) is 1. The number of primary amides is 1. The fourth-order valence-corrected chi connectivity index (χ4v) is 5.21. The van der Waals surface area contributed by atoms with E-state index in [9.17, 15) is 18.4 Å². The van der Waals surface area contributed by atoms with E-state index in [1.165, 1.54) is 0 Å². The molecule has 0 saturated carbocycles. The number of hydrogen-bond donors (Lipinski definition) is 4. The van der Waals surface area contributed by atoms with Crippen LogP contribution in [-0.2, 0) is 6.61 Å². The van der Waals surface area contributed by atoms with Crippen LogP contribution < -0.4 is 21.1 Å². The molecule has 0 unspecified atom stereocenters. The zero-order chi connectivity index (χ0) is 27.5. The third-order valence-electron chi connectivity index (χ3n) is 6.16. The first-order chi connectivity index (χ1) is 18.3. The summed E-state index contributed by atoms with van der Waals surface area (Å²) in [6, 6.07) is 1.67. The van der Waals surface area contributed by atoms with Gasteiger partial charge in [0.05, 0.1) is 12.2 Å². The van der Waals surface area contributed by atoms with Gasteiger partial charge in [0.25, 0.3) is 5.91 Å². The van der Waals surface area contributed by atoms with Crippen molar-refractivity contribution in [2.24, 2.45) is 5.73 Å². The predicted molar refractivity (Wildman–Crippen MR) is 144 cm³/mol. The van der Waals surface area contributed by atoms with Crippen molar-refractivity contribution in [3.63, 3.8) is 0 Å². The Morgan fingerprint density at radius 2 is 1.71 bits per heavy atom. The van der Waals surface area contributed by atoms with E-state index in [1.54, 1.807) is 0 Å². The maximum atomic E-state index is 14.1. The van der Waals surface area contributed by atoms with Crippen molar-refractivity contribution in [3.05, 3.63) is 39.4 Å². The van der Waals surface area contributed by atoms with Crippen molar-refractivity contribution < 1.29 is 28.2 Å². The van der Waals surface area contributed by atoms with Crippen molar-refractivity contribution in [2.45, 2.75) is 32.3 Å². The van der Waals surface area contributed by atoms with Crippen LogP contribution in [0.1, 0.15) is 41.6 Å². The SMILES string of the molecule is NC(=O)c1c(OCc2c(F)cc(Br)cc2F)nsc1NC(=O)NCCCCCCN1CCN(CCO)CC1. The zero-order valence-electron chi connectivity index (χ0n) is 21.0. The summed E-state index contributed by atoms with van der Waals surface area (Å²) < 4.78 is 37.7. The summed E-state index contributed by atoms with van der Waals surface area (Å²) in [6.45, 7) is 5.98. The van der Waals surface area contributed by atoms with Gasteiger partial charge in [-0.15, -0.1) is 0 Å². The van der Waals surface area contributed by atoms with Crippen LogP contribution in [0, 0.1) is 11.6 Å². The lowest BCUT2D eigenvalue weighted by molar-refractivity contribution is 0.0996. The maximum absolute atomic E-state index is 14.1. The highest BCUT2D eigenvalue weighted by Crippen LogP contribution is 2.31. The first-order valence-corrected chi connectivity index (χ1v) is 14.0. The van der Waals surface area contributed by atoms with Gasteiger partial charge < -0.3 is 25.8 Å². The highest BCUT2D eigenvalue weighted by molar-refractivity contribution is 9.10. The van der Waals surface area contributed by atoms with E-state index in [1.807, 2.05) is 0 Å². The summed E-state index contributed by atoms with van der Waals surface area (Å²) in [5.74, 6) is -2.74. The van der Waals surface area contributed by atoms with Crippen LogP contribution in [0.2, 0.25) is 0 Å². The van der Waals surface area contributed by atoms with Gasteiger partial charge in [-0.25, -0.2) is 13.6 Å². The number of nitrogens with two attached hydrogens (primary N) is 1. The molecule has 5 N–H and O–H groups in total. The van der Waals surface area contributed by atoms with Gasteiger partial charge in [-0.3, -0.25) is 15.0 Å². The predicted octanol–water partition coefficient (Wildman–Crippen LogP) is 3.15. The number of anilines is 1. The summed E-state index contributed by atoms with van der Waals surface area (Å²) in [6.07, 6.45) is 3.92. The van der Waals surface area contributed by atoms with Crippen molar-refractivity contribution in [1.82, 2.24) is 19.5 Å². The second-order valence-corrected chi connectivity index (χ2v) is 10.6. The lowest BCUT2D eigenvalue weighted by atomic mass is 10.2. The molecule has 0 atom stereocenters. The smallest absolute Gasteiger partial charge is 0.319 e. The molecule has 0 bridgehead atoms. The lowest BCUT2D eigenvalue weighted by Crippen LogP contribution is -2.47. The third-order valence-corrected chi connectivity index (χ3v) is 7.36. The van der Waals surface area contributed by atoms with Crippen LogP contribution >= 0.6 is 27.5 Å². The molecule has 2 heterocycles. The van der Waals surface area contributed by atoms with Crippen molar-refractivity contribution in [3.8, 4) is 5.88 Å². The Hall–Kier alpha value is -2.39. The molecular formula is C24H33BrF2N6O4S. The highest BCUT2D eigenvalue weighted by atomic mass is 79.9. The van der Waals surface area contributed by atoms with Gasteiger partial charge in [0, 0.05) is 43.7 Å². The second-order valence-electron chi connectivity index (χ2n) is 8.89. The second kappa shape index (κ2) is 15.3. The Morgan fingerprint density at radius 1 is 1.08 bits per heavy atom. The van der Waals surface area contributed by atoms with Gasteiger partial charge in [0.1, 0.15) is 28.8 Å². The molecule has 1 aliphatic heterocycles. The van der Waals surface area contributed by atoms with Crippen LogP contribution in [-0.4, -0.2) is 83.6 Å². The highest BCUT2D eigenvalue weighted by Gasteiger charge is 2.23. The van der Waals surface area contributed by atoms with Gasteiger partial charge >= 0.3 is 6.03 Å². The van der Waals surface area contributed by atoms with E-state index in [4.69, 9.17) is 15.6 Å². The zero-order valence-corrected chi connectivity index (χ0v) is 23.4. The number of nitrogens with zero attached hydrogens (tertiary/aromatic N) is 3. The number of aliphatic hydroxyl groups excluding tert-OH is 1. The maximum Gasteiger partial charge on any atom is 0.319 e. The molecule has 1 aromatic carbocycles. The van der Waals surface area contributed by atoms with Gasteiger partial charge in [-0.1, -0.05) is 28.8 Å². The molecule has 3 rings (SSSR count). The molecule has 38 heavy (non-hydrogen) atoms. The molecule has 2 aromatic rings. The van der Waals surface area contributed by atoms with E-state index in [-0.39, 0.29) is 33.1 Å². The van der Waals surface area contributed by atoms with Crippen molar-refractivity contribution >= 4 is 44.4 Å². The number of urea groups is 1. The van der Waals surface area contributed by atoms with Gasteiger partial charge in [0.2, 0.25) is 5.88 Å². The van der Waals surface area contributed by atoms with E-state index >= 15 is 0 Å². The average molecular weight is 620 g/mol. The first-order valence-electron chi connectivity index (χ1n) is 12.4.